The van der Waals surface area contributed by atoms with Crippen LogP contribution in [0.25, 0.3) is 0 Å². The second-order valence-electron chi connectivity index (χ2n) is 4.04. The highest BCUT2D eigenvalue weighted by molar-refractivity contribution is 8.87. The molecule has 1 amide bonds. The van der Waals surface area contributed by atoms with Crippen LogP contribution in [0.5, 0.6) is 0 Å². The normalized spacial score (nSPS) is 24.1. The molecule has 0 aromatic heterocycles. The standard InChI is InChI=1S/C10H15NO4S2/c1-6(12)7-3-2-4-8(5-7)11-9(13)16-17-10(14)15/h7-8H,2-5H2,1H3,(H,11,13)(H,14,15). The Morgan fingerprint density at radius 3 is 2.53 bits per heavy atom. The summed E-state index contributed by atoms with van der Waals surface area (Å²) in [4.78, 5) is 32.9. The van der Waals surface area contributed by atoms with E-state index in [9.17, 15) is 14.4 Å². The van der Waals surface area contributed by atoms with Gasteiger partial charge in [-0.2, -0.15) is 0 Å². The number of hydrogen-bond donors (Lipinski definition) is 2. The third kappa shape index (κ3) is 5.45. The van der Waals surface area contributed by atoms with E-state index in [0.717, 1.165) is 19.3 Å². The van der Waals surface area contributed by atoms with Crippen molar-refractivity contribution in [3.05, 3.63) is 0 Å². The lowest BCUT2D eigenvalue weighted by Gasteiger charge is -2.27. The fourth-order valence-corrected chi connectivity index (χ4v) is 2.90. The fourth-order valence-electron chi connectivity index (χ4n) is 1.95. The quantitative estimate of drug-likeness (QED) is 0.755. The van der Waals surface area contributed by atoms with Gasteiger partial charge in [0.15, 0.2) is 0 Å². The predicted octanol–water partition coefficient (Wildman–Crippen LogP) is 2.90. The van der Waals surface area contributed by atoms with Gasteiger partial charge in [0.25, 0.3) is 5.24 Å². The lowest BCUT2D eigenvalue weighted by molar-refractivity contribution is -0.121. The average molecular weight is 277 g/mol. The number of carbonyl (C=O) groups excluding carboxylic acids is 2. The van der Waals surface area contributed by atoms with Crippen LogP contribution in [0.1, 0.15) is 32.6 Å². The second kappa shape index (κ2) is 6.90. The summed E-state index contributed by atoms with van der Waals surface area (Å²) in [6, 6.07) is -0.00737. The molecule has 0 saturated heterocycles. The first kappa shape index (κ1) is 14.4. The van der Waals surface area contributed by atoms with Gasteiger partial charge in [-0.15, -0.1) is 0 Å². The van der Waals surface area contributed by atoms with Gasteiger partial charge in [-0.3, -0.25) is 9.59 Å². The highest BCUT2D eigenvalue weighted by atomic mass is 33.1. The molecule has 0 heterocycles. The summed E-state index contributed by atoms with van der Waals surface area (Å²) in [7, 11) is 1.16. The number of amides is 1. The van der Waals surface area contributed by atoms with Gasteiger partial charge in [-0.25, -0.2) is 4.79 Å². The smallest absolute Gasteiger partial charge is 0.376 e. The fraction of sp³-hybridized carbons (Fsp3) is 0.700. The molecule has 0 aromatic rings. The number of rotatable bonds is 2. The molecule has 5 nitrogen and oxygen atoms in total. The Hall–Kier alpha value is -0.690. The summed E-state index contributed by atoms with van der Waals surface area (Å²) in [6.07, 6.45) is 3.33. The van der Waals surface area contributed by atoms with Crippen molar-refractivity contribution in [3.63, 3.8) is 0 Å². The van der Waals surface area contributed by atoms with Gasteiger partial charge in [0, 0.05) is 33.5 Å². The van der Waals surface area contributed by atoms with Gasteiger partial charge in [-0.1, -0.05) is 6.42 Å². The topological polar surface area (TPSA) is 83.5 Å². The van der Waals surface area contributed by atoms with Gasteiger partial charge in [0.1, 0.15) is 5.78 Å². The zero-order chi connectivity index (χ0) is 12.8. The Balaban J connectivity index is 2.33. The molecule has 0 radical (unpaired) electrons. The van der Waals surface area contributed by atoms with Crippen molar-refractivity contribution in [1.29, 1.82) is 0 Å². The maximum atomic E-state index is 11.4. The first-order chi connectivity index (χ1) is 7.99. The van der Waals surface area contributed by atoms with Crippen LogP contribution in [0.3, 0.4) is 0 Å². The summed E-state index contributed by atoms with van der Waals surface area (Å²) in [5.74, 6) is 0.197. The maximum absolute atomic E-state index is 11.4. The first-order valence-corrected chi connectivity index (χ1v) is 7.52. The molecule has 0 bridgehead atoms. The number of carbonyl (C=O) groups is 3. The van der Waals surface area contributed by atoms with Gasteiger partial charge in [0.2, 0.25) is 0 Å². The van der Waals surface area contributed by atoms with Crippen LogP contribution in [0.2, 0.25) is 0 Å². The van der Waals surface area contributed by atoms with Gasteiger partial charge >= 0.3 is 5.30 Å². The molecule has 17 heavy (non-hydrogen) atoms. The van der Waals surface area contributed by atoms with Crippen molar-refractivity contribution >= 4 is 37.9 Å². The zero-order valence-corrected chi connectivity index (χ0v) is 11.1. The lowest BCUT2D eigenvalue weighted by Crippen LogP contribution is -2.37. The molecular formula is C10H15NO4S2. The minimum atomic E-state index is -1.09. The molecule has 1 rings (SSSR count). The monoisotopic (exact) mass is 277 g/mol. The summed E-state index contributed by atoms with van der Waals surface area (Å²) >= 11 is 0. The Kier molecular flexibility index (Phi) is 5.84. The Labute approximate surface area is 107 Å². The number of hydrogen-bond acceptors (Lipinski definition) is 5. The Bertz CT molecular complexity index is 321. The van der Waals surface area contributed by atoms with E-state index in [0.29, 0.717) is 28.0 Å². The summed E-state index contributed by atoms with van der Waals surface area (Å²) in [6.45, 7) is 1.57. The molecule has 1 fully saturated rings. The average Bonchev–Trinajstić information content (AvgIpc) is 2.26. The van der Waals surface area contributed by atoms with Crippen LogP contribution in [-0.2, 0) is 4.79 Å². The van der Waals surface area contributed by atoms with Crippen molar-refractivity contribution in [2.45, 2.75) is 38.6 Å². The van der Waals surface area contributed by atoms with Crippen LogP contribution in [0, 0.1) is 5.92 Å². The van der Waals surface area contributed by atoms with E-state index in [1.807, 2.05) is 0 Å². The van der Waals surface area contributed by atoms with Crippen LogP contribution in [0.4, 0.5) is 9.59 Å². The molecule has 96 valence electrons. The molecule has 1 saturated carbocycles. The SMILES string of the molecule is CC(=O)C1CCCC(NC(=O)SSC(=O)O)C1. The van der Waals surface area contributed by atoms with E-state index >= 15 is 0 Å². The Morgan fingerprint density at radius 2 is 1.94 bits per heavy atom. The molecule has 1 aliphatic carbocycles. The van der Waals surface area contributed by atoms with E-state index in [4.69, 9.17) is 5.11 Å². The van der Waals surface area contributed by atoms with E-state index < -0.39 is 5.30 Å². The molecule has 2 unspecified atom stereocenters. The maximum Gasteiger partial charge on any atom is 0.376 e. The third-order valence-corrected chi connectivity index (χ3v) is 4.39. The summed E-state index contributed by atoms with van der Waals surface area (Å²) in [5.41, 5.74) is 0. The Morgan fingerprint density at radius 1 is 1.24 bits per heavy atom. The molecule has 1 aliphatic rings. The van der Waals surface area contributed by atoms with Crippen LogP contribution < -0.4 is 5.32 Å². The number of Topliss-reactive ketones (excluding diaryl/α,β-unsaturated/α-hetero) is 1. The van der Waals surface area contributed by atoms with Gasteiger partial charge in [-0.05, 0) is 26.2 Å². The van der Waals surface area contributed by atoms with Crippen molar-refractivity contribution in [3.8, 4) is 0 Å². The number of ketones is 1. The molecule has 2 N–H and O–H groups in total. The van der Waals surface area contributed by atoms with Gasteiger partial charge in [0.05, 0.1) is 0 Å². The highest BCUT2D eigenvalue weighted by Gasteiger charge is 2.26. The largest absolute Gasteiger partial charge is 0.473 e. The van der Waals surface area contributed by atoms with E-state index in [-0.39, 0.29) is 23.0 Å². The molecule has 7 heteroatoms. The summed E-state index contributed by atoms with van der Waals surface area (Å²) < 4.78 is 0. The third-order valence-electron chi connectivity index (χ3n) is 2.76. The van der Waals surface area contributed by atoms with Crippen LogP contribution >= 0.6 is 21.6 Å². The van der Waals surface area contributed by atoms with Crippen molar-refractivity contribution in [2.24, 2.45) is 5.92 Å². The predicted molar refractivity (Wildman–Crippen MR) is 68.2 cm³/mol. The number of carboxylic acid groups (broad SMARTS) is 1. The van der Waals surface area contributed by atoms with Crippen LogP contribution in [0.15, 0.2) is 0 Å². The van der Waals surface area contributed by atoms with Crippen molar-refractivity contribution < 1.29 is 19.5 Å². The van der Waals surface area contributed by atoms with Crippen LogP contribution in [-0.4, -0.2) is 27.5 Å². The minimum Gasteiger partial charge on any atom is -0.473 e. The van der Waals surface area contributed by atoms with E-state index in [2.05, 4.69) is 5.32 Å². The highest BCUT2D eigenvalue weighted by Crippen LogP contribution is 2.27. The lowest BCUT2D eigenvalue weighted by atomic mass is 9.84. The summed E-state index contributed by atoms with van der Waals surface area (Å²) in [5, 5.41) is 9.70. The number of nitrogens with one attached hydrogen (secondary N) is 1. The zero-order valence-electron chi connectivity index (χ0n) is 9.47. The minimum absolute atomic E-state index is 0.00737. The van der Waals surface area contributed by atoms with E-state index in [1.165, 1.54) is 0 Å². The van der Waals surface area contributed by atoms with Crippen molar-refractivity contribution in [2.75, 3.05) is 0 Å². The molecule has 0 aromatic carbocycles. The van der Waals surface area contributed by atoms with E-state index in [1.54, 1.807) is 6.92 Å². The molecule has 0 spiro atoms. The second-order valence-corrected chi connectivity index (χ2v) is 6.09. The molecule has 0 aliphatic heterocycles. The molecular weight excluding hydrogens is 262 g/mol. The van der Waals surface area contributed by atoms with Crippen molar-refractivity contribution in [1.82, 2.24) is 5.32 Å². The molecule has 2 atom stereocenters. The van der Waals surface area contributed by atoms with Gasteiger partial charge < -0.3 is 10.4 Å². The first-order valence-electron chi connectivity index (χ1n) is 5.37.